The number of hydrogen-bond donors (Lipinski definition) is 2. The van der Waals surface area contributed by atoms with Gasteiger partial charge in [0.25, 0.3) is 5.91 Å². The lowest BCUT2D eigenvalue weighted by atomic mass is 9.93. The maximum absolute atomic E-state index is 17.5. The van der Waals surface area contributed by atoms with Crippen LogP contribution < -0.4 is 35.6 Å². The standard InChI is InChI=1S/C65H74ClF6N17O4/c1-6-50(90)85-21-14-41(33-85)84(5)59-42-15-22-86(34-46(42)76-61(81-59)92-35-63-16-9-19-88(63)32-40(67)26-63)60-53(65(70,71)72)39(25-49(74)78-60)23-47-45(68)27-64(17-10-20-89(47)64)36-93-62-79-55-43(58(80-62)83(4)29-37-30-87(31-37)51(91)13-8-18-82(2)3)28-75-57(54(55)69)56-52-38(24-48(73)77-56)11-7-12-44(52)66/h6-7,11-12,24-25,28,37,40-41,45,47H,1,9-10,14-23,26-27,29-36H2,2-5H3,(H2,73,77)(H2,74,78)/t40-,41-,45-,47?,63+,64+/m1/s1. The molecule has 6 saturated heterocycles. The van der Waals surface area contributed by atoms with Crippen molar-refractivity contribution >= 4 is 74.2 Å². The van der Waals surface area contributed by atoms with Crippen LogP contribution in [0.25, 0.3) is 33.1 Å². The molecule has 1 unspecified atom stereocenters. The van der Waals surface area contributed by atoms with Crippen LogP contribution in [0.4, 0.5) is 55.4 Å². The summed E-state index contributed by atoms with van der Waals surface area (Å²) in [6.45, 7) is 7.43. The molecule has 6 fully saturated rings. The number of aromatic nitrogens is 7. The molecule has 0 saturated carbocycles. The van der Waals surface area contributed by atoms with Crippen LogP contribution in [0.2, 0.25) is 5.02 Å². The number of nitrogen functional groups attached to an aromatic ring is 2. The molecule has 28 heteroatoms. The first-order valence-corrected chi connectivity index (χ1v) is 31.9. The summed E-state index contributed by atoms with van der Waals surface area (Å²) in [7, 11) is 7.36. The Bertz CT molecular complexity index is 4000. The van der Waals surface area contributed by atoms with Crippen LogP contribution in [0.3, 0.4) is 0 Å². The van der Waals surface area contributed by atoms with Gasteiger partial charge in [0.05, 0.1) is 40.3 Å². The van der Waals surface area contributed by atoms with Crippen molar-refractivity contribution in [2.24, 2.45) is 5.92 Å². The van der Waals surface area contributed by atoms with E-state index in [1.807, 2.05) is 40.7 Å². The SMILES string of the molecule is C=CC(=O)N1CC[C@@H](N(C)c2nc(OC[C@@]34CCCN3C[C@H](F)C4)nc3c2CCN(c2nc(N)cc(CC4[C@H](F)C[C@]5(COc6nc(N(C)CC7CN(C(=O)C#CCN(C)C)C7)c7cnc(-c8nc(N)cc9cccc(Cl)c89)c(F)c7n6)CCCN45)c2C(F)(F)F)C3)C1. The van der Waals surface area contributed by atoms with Crippen LogP contribution in [0.15, 0.2) is 49.2 Å². The van der Waals surface area contributed by atoms with Gasteiger partial charge in [0.15, 0.2) is 5.82 Å². The number of alkyl halides is 5. The summed E-state index contributed by atoms with van der Waals surface area (Å²) in [4.78, 5) is 72.7. The lowest BCUT2D eigenvalue weighted by molar-refractivity contribution is -0.138. The van der Waals surface area contributed by atoms with E-state index in [1.165, 1.54) is 23.2 Å². The Kier molecular flexibility index (Phi) is 17.1. The molecule has 0 radical (unpaired) electrons. The number of carbonyl (C=O) groups excluding carboxylic acids is 2. The second-order valence-corrected chi connectivity index (χ2v) is 26.7. The van der Waals surface area contributed by atoms with Crippen LogP contribution >= 0.6 is 11.6 Å². The van der Waals surface area contributed by atoms with E-state index in [4.69, 9.17) is 47.5 Å². The minimum Gasteiger partial charge on any atom is -0.461 e. The summed E-state index contributed by atoms with van der Waals surface area (Å²) in [5.74, 6) is 4.48. The van der Waals surface area contributed by atoms with Gasteiger partial charge in [-0.2, -0.15) is 33.1 Å². The zero-order valence-electron chi connectivity index (χ0n) is 52.3. The van der Waals surface area contributed by atoms with Gasteiger partial charge in [0.1, 0.15) is 77.1 Å². The molecule has 6 atom stereocenters. The molecule has 0 spiro atoms. The zero-order valence-corrected chi connectivity index (χ0v) is 53.1. The Morgan fingerprint density at radius 1 is 0.871 bits per heavy atom. The molecule has 6 aromatic rings. The topological polar surface area (TPSA) is 221 Å². The highest BCUT2D eigenvalue weighted by molar-refractivity contribution is 6.36. The zero-order chi connectivity index (χ0) is 65.4. The molecule has 5 aromatic heterocycles. The van der Waals surface area contributed by atoms with Crippen LogP contribution in [0.5, 0.6) is 12.0 Å². The Morgan fingerprint density at radius 2 is 1.61 bits per heavy atom. The van der Waals surface area contributed by atoms with Crippen molar-refractivity contribution in [3.63, 3.8) is 0 Å². The second-order valence-electron chi connectivity index (χ2n) is 26.3. The van der Waals surface area contributed by atoms with Crippen LogP contribution in [-0.2, 0) is 35.2 Å². The fraction of sp³-hybridized carbons (Fsp3) is 0.523. The van der Waals surface area contributed by atoms with Gasteiger partial charge in [0.2, 0.25) is 5.91 Å². The van der Waals surface area contributed by atoms with Gasteiger partial charge >= 0.3 is 18.2 Å². The molecule has 0 aliphatic carbocycles. The van der Waals surface area contributed by atoms with Gasteiger partial charge in [-0.15, -0.1) is 0 Å². The normalized spacial score (nSPS) is 23.9. The lowest BCUT2D eigenvalue weighted by Gasteiger charge is -2.40. The van der Waals surface area contributed by atoms with Crippen molar-refractivity contribution in [3.8, 4) is 35.2 Å². The van der Waals surface area contributed by atoms with Gasteiger partial charge in [-0.25, -0.2) is 23.1 Å². The van der Waals surface area contributed by atoms with Crippen molar-refractivity contribution < 1.29 is 45.4 Å². The van der Waals surface area contributed by atoms with Gasteiger partial charge in [-0.3, -0.25) is 29.3 Å². The van der Waals surface area contributed by atoms with E-state index in [9.17, 15) is 14.0 Å². The number of nitrogens with zero attached hydrogens (tertiary/aromatic N) is 15. The predicted molar refractivity (Wildman–Crippen MR) is 341 cm³/mol. The van der Waals surface area contributed by atoms with Crippen molar-refractivity contribution in [1.82, 2.24) is 59.4 Å². The third-order valence-corrected chi connectivity index (χ3v) is 20.2. The van der Waals surface area contributed by atoms with E-state index in [1.54, 1.807) is 41.1 Å². The Balaban J connectivity index is 0.784. The van der Waals surface area contributed by atoms with E-state index in [0.717, 1.165) is 19.4 Å². The second kappa shape index (κ2) is 25.0. The minimum absolute atomic E-state index is 0.00184. The summed E-state index contributed by atoms with van der Waals surface area (Å²) in [5.41, 5.74) is 10.7. The summed E-state index contributed by atoms with van der Waals surface area (Å²) < 4.78 is 111. The number of ether oxygens (including phenoxy) is 2. The van der Waals surface area contributed by atoms with Gasteiger partial charge in [-0.1, -0.05) is 36.2 Å². The van der Waals surface area contributed by atoms with Crippen molar-refractivity contribution in [1.29, 1.82) is 0 Å². The minimum atomic E-state index is -4.98. The lowest BCUT2D eigenvalue weighted by Crippen LogP contribution is -2.53. The molecule has 13 rings (SSSR count). The van der Waals surface area contributed by atoms with Crippen LogP contribution in [0.1, 0.15) is 67.3 Å². The number of rotatable bonds is 17. The molecule has 2 amide bonds. The molecule has 21 nitrogen and oxygen atoms in total. The number of amides is 2. The first-order chi connectivity index (χ1) is 44.5. The molecule has 492 valence electrons. The number of benzene rings is 1. The van der Waals surface area contributed by atoms with E-state index >= 15 is 22.0 Å². The molecule has 0 bridgehead atoms. The van der Waals surface area contributed by atoms with E-state index < -0.39 is 52.8 Å². The number of anilines is 5. The third kappa shape index (κ3) is 12.2. The molecule has 93 heavy (non-hydrogen) atoms. The smallest absolute Gasteiger partial charge is 0.420 e. The number of hydrogen-bond acceptors (Lipinski definition) is 19. The van der Waals surface area contributed by atoms with E-state index in [0.29, 0.717) is 111 Å². The number of carbonyl (C=O) groups is 2. The van der Waals surface area contributed by atoms with Gasteiger partial charge in [0, 0.05) is 108 Å². The van der Waals surface area contributed by atoms with Gasteiger partial charge < -0.3 is 45.4 Å². The van der Waals surface area contributed by atoms with E-state index in [2.05, 4.69) is 43.3 Å². The van der Waals surface area contributed by atoms with Crippen molar-refractivity contribution in [3.05, 3.63) is 82.4 Å². The van der Waals surface area contributed by atoms with Gasteiger partial charge in [-0.05, 0) is 113 Å². The third-order valence-electron chi connectivity index (χ3n) is 19.8. The van der Waals surface area contributed by atoms with Crippen molar-refractivity contribution in [2.75, 3.05) is 133 Å². The Hall–Kier alpha value is -8.06. The van der Waals surface area contributed by atoms with Crippen LogP contribution in [0, 0.1) is 23.6 Å². The summed E-state index contributed by atoms with van der Waals surface area (Å²) >= 11 is 6.71. The maximum Gasteiger partial charge on any atom is 0.420 e. The number of likely N-dealkylation sites (tertiary alicyclic amines) is 2. The highest BCUT2D eigenvalue weighted by Gasteiger charge is 2.56. The first kappa shape index (κ1) is 63.7. The van der Waals surface area contributed by atoms with E-state index in [-0.39, 0.29) is 127 Å². The number of nitrogens with two attached hydrogens (primary N) is 2. The summed E-state index contributed by atoms with van der Waals surface area (Å²) in [6, 6.07) is 6.51. The van der Waals surface area contributed by atoms with Crippen molar-refractivity contribution in [2.45, 2.75) is 106 Å². The number of halogens is 7. The molecule has 4 N–H and O–H groups in total. The molecule has 1 aromatic carbocycles. The number of likely N-dealkylation sites (N-methyl/N-ethyl adjacent to an activating group) is 1. The fourth-order valence-corrected chi connectivity index (χ4v) is 15.7. The molecule has 7 aliphatic rings. The average Bonchev–Trinajstić information content (AvgIpc) is 1.74. The number of pyridine rings is 3. The molecule has 7 aliphatic heterocycles. The predicted octanol–water partition coefficient (Wildman–Crippen LogP) is 7.17. The quantitative estimate of drug-likeness (QED) is 0.0525. The number of fused-ring (bicyclic) bond motifs is 5. The Morgan fingerprint density at radius 3 is 2.39 bits per heavy atom. The monoisotopic (exact) mass is 1310 g/mol. The van der Waals surface area contributed by atoms with Crippen LogP contribution in [-0.4, -0.2) is 214 Å². The summed E-state index contributed by atoms with van der Waals surface area (Å²) in [6.07, 6.45) is -1.62. The maximum atomic E-state index is 17.5. The molecule has 12 heterocycles. The highest BCUT2D eigenvalue weighted by Crippen LogP contribution is 2.49. The average molecular weight is 1310 g/mol. The molecular formula is C65H74ClF6N17O4. The Labute approximate surface area is 539 Å². The fourth-order valence-electron chi connectivity index (χ4n) is 15.4. The summed E-state index contributed by atoms with van der Waals surface area (Å²) in [5, 5.41) is 1.55. The largest absolute Gasteiger partial charge is 0.461 e. The molecular weight excluding hydrogens is 1230 g/mol. The first-order valence-electron chi connectivity index (χ1n) is 31.5. The highest BCUT2D eigenvalue weighted by atomic mass is 35.5.